The molecule has 118 valence electrons. The highest BCUT2D eigenvalue weighted by Gasteiger charge is 2.41. The van der Waals surface area contributed by atoms with E-state index in [1.165, 1.54) is 4.90 Å². The van der Waals surface area contributed by atoms with Crippen LogP contribution >= 0.6 is 11.8 Å². The average molecular weight is 323 g/mol. The van der Waals surface area contributed by atoms with Crippen molar-refractivity contribution in [2.75, 3.05) is 5.75 Å². The number of thioether (sulfide) groups is 1. The molecule has 7 nitrogen and oxygen atoms in total. The fourth-order valence-electron chi connectivity index (χ4n) is 2.99. The summed E-state index contributed by atoms with van der Waals surface area (Å²) in [4.78, 5) is 37.4. The minimum atomic E-state index is -0.333. The van der Waals surface area contributed by atoms with E-state index in [1.54, 1.807) is 13.0 Å². The van der Waals surface area contributed by atoms with Gasteiger partial charge in [-0.1, -0.05) is 29.8 Å². The number of aryl methyl sites for hydroxylation is 1. The van der Waals surface area contributed by atoms with E-state index in [-0.39, 0.29) is 40.6 Å². The van der Waals surface area contributed by atoms with Gasteiger partial charge in [-0.15, -0.1) is 0 Å². The number of carbonyl (C=O) groups is 3. The summed E-state index contributed by atoms with van der Waals surface area (Å²) in [7, 11) is 0. The van der Waals surface area contributed by atoms with E-state index in [2.05, 4.69) is 10.5 Å². The summed E-state index contributed by atoms with van der Waals surface area (Å²) in [6, 6.07) is 1.07. The average Bonchev–Trinajstić information content (AvgIpc) is 3.06. The predicted molar refractivity (Wildman–Crippen MR) is 79.5 cm³/mol. The standard InChI is InChI=1S/C14H17N3O4S/c1-8-6-10(16-21-8)13(19)15-9-4-2-3-5-11(9)17-12(18)7-22-14(17)20/h6,9,11H,2-5,7H2,1H3,(H,15,19)/t9-,11+/m1/s1. The van der Waals surface area contributed by atoms with Crippen LogP contribution in [0.25, 0.3) is 0 Å². The Hall–Kier alpha value is -1.83. The summed E-state index contributed by atoms with van der Waals surface area (Å²) >= 11 is 1.03. The van der Waals surface area contributed by atoms with E-state index in [4.69, 9.17) is 4.52 Å². The Morgan fingerprint density at radius 2 is 2.18 bits per heavy atom. The highest BCUT2D eigenvalue weighted by Crippen LogP contribution is 2.30. The van der Waals surface area contributed by atoms with Gasteiger partial charge >= 0.3 is 0 Å². The van der Waals surface area contributed by atoms with Crippen LogP contribution in [0.3, 0.4) is 0 Å². The van der Waals surface area contributed by atoms with Crippen molar-refractivity contribution < 1.29 is 18.9 Å². The number of imide groups is 1. The van der Waals surface area contributed by atoms with Gasteiger partial charge in [0, 0.05) is 6.07 Å². The monoisotopic (exact) mass is 323 g/mol. The van der Waals surface area contributed by atoms with Crippen molar-refractivity contribution in [3.8, 4) is 0 Å². The molecule has 2 heterocycles. The SMILES string of the molecule is Cc1cc(C(=O)N[C@@H]2CCCC[C@@H]2N2C(=O)CSC2=O)no1. The van der Waals surface area contributed by atoms with Crippen molar-refractivity contribution in [2.24, 2.45) is 0 Å². The van der Waals surface area contributed by atoms with Crippen LogP contribution in [-0.2, 0) is 4.79 Å². The van der Waals surface area contributed by atoms with Crippen LogP contribution in [0.5, 0.6) is 0 Å². The number of carbonyl (C=O) groups excluding carboxylic acids is 3. The van der Waals surface area contributed by atoms with Crippen LogP contribution in [-0.4, -0.2) is 44.9 Å². The van der Waals surface area contributed by atoms with Crippen LogP contribution in [0, 0.1) is 6.92 Å². The molecule has 1 N–H and O–H groups in total. The molecule has 0 bridgehead atoms. The van der Waals surface area contributed by atoms with Crippen molar-refractivity contribution in [2.45, 2.75) is 44.7 Å². The Morgan fingerprint density at radius 1 is 1.41 bits per heavy atom. The first-order valence-electron chi connectivity index (χ1n) is 7.29. The number of aromatic nitrogens is 1. The Bertz CT molecular complexity index is 599. The van der Waals surface area contributed by atoms with Crippen LogP contribution in [0.1, 0.15) is 41.9 Å². The highest BCUT2D eigenvalue weighted by atomic mass is 32.2. The Morgan fingerprint density at radius 3 is 2.82 bits per heavy atom. The summed E-state index contributed by atoms with van der Waals surface area (Å²) in [6.45, 7) is 1.71. The van der Waals surface area contributed by atoms with Gasteiger partial charge in [0.15, 0.2) is 5.69 Å². The minimum absolute atomic E-state index is 0.168. The summed E-state index contributed by atoms with van der Waals surface area (Å²) in [5, 5.41) is 6.38. The molecule has 1 saturated heterocycles. The van der Waals surface area contributed by atoms with E-state index in [1.807, 2.05) is 0 Å². The van der Waals surface area contributed by atoms with Crippen LogP contribution in [0.4, 0.5) is 4.79 Å². The lowest BCUT2D eigenvalue weighted by Gasteiger charge is -2.36. The second-order valence-electron chi connectivity index (χ2n) is 5.57. The molecular weight excluding hydrogens is 306 g/mol. The molecule has 1 saturated carbocycles. The zero-order valence-electron chi connectivity index (χ0n) is 12.2. The molecule has 2 atom stereocenters. The summed E-state index contributed by atoms with van der Waals surface area (Å²) in [6.07, 6.45) is 3.38. The van der Waals surface area contributed by atoms with E-state index >= 15 is 0 Å². The molecule has 1 aliphatic heterocycles. The third-order valence-electron chi connectivity index (χ3n) is 4.02. The number of hydrogen-bond acceptors (Lipinski definition) is 6. The lowest BCUT2D eigenvalue weighted by molar-refractivity contribution is -0.127. The zero-order chi connectivity index (χ0) is 15.7. The topological polar surface area (TPSA) is 92.5 Å². The van der Waals surface area contributed by atoms with Gasteiger partial charge in [0.25, 0.3) is 11.1 Å². The number of nitrogens with zero attached hydrogens (tertiary/aromatic N) is 2. The Kier molecular flexibility index (Phi) is 4.19. The number of nitrogens with one attached hydrogen (secondary N) is 1. The van der Waals surface area contributed by atoms with E-state index in [0.29, 0.717) is 5.76 Å². The van der Waals surface area contributed by atoms with Gasteiger partial charge < -0.3 is 9.84 Å². The second kappa shape index (κ2) is 6.12. The molecular formula is C14H17N3O4S. The second-order valence-corrected chi connectivity index (χ2v) is 6.50. The van der Waals surface area contributed by atoms with Gasteiger partial charge in [-0.2, -0.15) is 0 Å². The normalized spacial score (nSPS) is 25.6. The third kappa shape index (κ3) is 2.87. The van der Waals surface area contributed by atoms with E-state index in [0.717, 1.165) is 37.4 Å². The Labute approximate surface area is 131 Å². The molecule has 2 aliphatic rings. The molecule has 3 amide bonds. The quantitative estimate of drug-likeness (QED) is 0.910. The maximum absolute atomic E-state index is 12.2. The van der Waals surface area contributed by atoms with Gasteiger partial charge in [-0.25, -0.2) is 0 Å². The molecule has 0 spiro atoms. The zero-order valence-corrected chi connectivity index (χ0v) is 13.0. The molecule has 2 fully saturated rings. The lowest BCUT2D eigenvalue weighted by Crippen LogP contribution is -2.54. The van der Waals surface area contributed by atoms with Crippen molar-refractivity contribution in [1.82, 2.24) is 15.4 Å². The van der Waals surface area contributed by atoms with Gasteiger partial charge in [-0.3, -0.25) is 19.3 Å². The molecule has 22 heavy (non-hydrogen) atoms. The first-order valence-corrected chi connectivity index (χ1v) is 8.28. The maximum Gasteiger partial charge on any atom is 0.289 e. The fourth-order valence-corrected chi connectivity index (χ4v) is 3.75. The molecule has 3 rings (SSSR count). The Balaban J connectivity index is 1.74. The molecule has 1 aliphatic carbocycles. The van der Waals surface area contributed by atoms with E-state index < -0.39 is 0 Å². The minimum Gasteiger partial charge on any atom is -0.361 e. The first kappa shape index (κ1) is 15.1. The van der Waals surface area contributed by atoms with Gasteiger partial charge in [0.05, 0.1) is 17.8 Å². The third-order valence-corrected chi connectivity index (χ3v) is 4.86. The first-order chi connectivity index (χ1) is 10.6. The highest BCUT2D eigenvalue weighted by molar-refractivity contribution is 8.14. The van der Waals surface area contributed by atoms with Crippen molar-refractivity contribution in [3.63, 3.8) is 0 Å². The number of rotatable bonds is 3. The predicted octanol–water partition coefficient (Wildman–Crippen LogP) is 1.72. The van der Waals surface area contributed by atoms with E-state index in [9.17, 15) is 14.4 Å². The largest absolute Gasteiger partial charge is 0.361 e. The molecule has 1 aromatic rings. The summed E-state index contributed by atoms with van der Waals surface area (Å²) < 4.78 is 4.90. The van der Waals surface area contributed by atoms with Crippen molar-refractivity contribution in [1.29, 1.82) is 0 Å². The van der Waals surface area contributed by atoms with Gasteiger partial charge in [-0.05, 0) is 19.8 Å². The van der Waals surface area contributed by atoms with Crippen LogP contribution in [0.15, 0.2) is 10.6 Å². The van der Waals surface area contributed by atoms with Crippen LogP contribution < -0.4 is 5.32 Å². The lowest BCUT2D eigenvalue weighted by atomic mass is 9.89. The number of amides is 3. The number of hydrogen-bond donors (Lipinski definition) is 1. The van der Waals surface area contributed by atoms with Crippen LogP contribution in [0.2, 0.25) is 0 Å². The maximum atomic E-state index is 12.2. The van der Waals surface area contributed by atoms with Crippen molar-refractivity contribution in [3.05, 3.63) is 17.5 Å². The van der Waals surface area contributed by atoms with Gasteiger partial charge in [0.2, 0.25) is 5.91 Å². The molecule has 1 aromatic heterocycles. The smallest absolute Gasteiger partial charge is 0.289 e. The van der Waals surface area contributed by atoms with Crippen molar-refractivity contribution >= 4 is 28.8 Å². The molecule has 0 radical (unpaired) electrons. The summed E-state index contributed by atoms with van der Waals surface area (Å²) in [5.41, 5.74) is 0.218. The fraction of sp³-hybridized carbons (Fsp3) is 0.571. The summed E-state index contributed by atoms with van der Waals surface area (Å²) in [5.74, 6) is 0.254. The van der Waals surface area contributed by atoms with Gasteiger partial charge in [0.1, 0.15) is 5.76 Å². The molecule has 0 unspecified atom stereocenters. The molecule has 8 heteroatoms. The molecule has 0 aromatic carbocycles.